The maximum absolute atomic E-state index is 11.4. The van der Waals surface area contributed by atoms with Crippen LogP contribution in [-0.2, 0) is 4.79 Å². The molecule has 0 saturated carbocycles. The molecule has 0 aromatic heterocycles. The smallest absolute Gasteiger partial charge is 0.222 e. The first kappa shape index (κ1) is 11.5. The quantitative estimate of drug-likeness (QED) is 0.727. The Kier molecular flexibility index (Phi) is 4.39. The van der Waals surface area contributed by atoms with E-state index in [4.69, 9.17) is 0 Å². The van der Waals surface area contributed by atoms with Gasteiger partial charge in [-0.2, -0.15) is 0 Å². The second kappa shape index (κ2) is 5.35. The van der Waals surface area contributed by atoms with Crippen LogP contribution in [0.1, 0.15) is 39.5 Å². The van der Waals surface area contributed by atoms with Crippen molar-refractivity contribution in [2.24, 2.45) is 5.92 Å². The standard InChI is InChI=1S/C11H21NO2/c1-3-10(13)5-4-6-12-8-9(2)7-11(12)14/h9-10,13H,3-8H2,1-2H3. The van der Waals surface area contributed by atoms with E-state index in [9.17, 15) is 9.90 Å². The lowest BCUT2D eigenvalue weighted by Gasteiger charge is -2.16. The Morgan fingerprint density at radius 3 is 2.86 bits per heavy atom. The molecule has 2 atom stereocenters. The molecule has 0 aromatic carbocycles. The van der Waals surface area contributed by atoms with Gasteiger partial charge in [-0.15, -0.1) is 0 Å². The van der Waals surface area contributed by atoms with Crippen molar-refractivity contribution in [3.05, 3.63) is 0 Å². The number of rotatable bonds is 5. The van der Waals surface area contributed by atoms with Crippen molar-refractivity contribution in [2.75, 3.05) is 13.1 Å². The molecular weight excluding hydrogens is 178 g/mol. The Balaban J connectivity index is 2.15. The molecule has 0 radical (unpaired) electrons. The second-order valence-corrected chi connectivity index (χ2v) is 4.35. The van der Waals surface area contributed by atoms with E-state index < -0.39 is 0 Å². The first-order valence-corrected chi connectivity index (χ1v) is 5.59. The summed E-state index contributed by atoms with van der Waals surface area (Å²) in [5.41, 5.74) is 0. The van der Waals surface area contributed by atoms with E-state index >= 15 is 0 Å². The monoisotopic (exact) mass is 199 g/mol. The maximum atomic E-state index is 11.4. The molecule has 1 rings (SSSR count). The van der Waals surface area contributed by atoms with Crippen molar-refractivity contribution in [1.29, 1.82) is 0 Å². The molecule has 2 unspecified atom stereocenters. The largest absolute Gasteiger partial charge is 0.393 e. The Hall–Kier alpha value is -0.570. The number of likely N-dealkylation sites (tertiary alicyclic amines) is 1. The molecule has 0 bridgehead atoms. The minimum Gasteiger partial charge on any atom is -0.393 e. The third-order valence-corrected chi connectivity index (χ3v) is 2.84. The van der Waals surface area contributed by atoms with Gasteiger partial charge in [0.2, 0.25) is 5.91 Å². The zero-order chi connectivity index (χ0) is 10.6. The SMILES string of the molecule is CCC(O)CCCN1CC(C)CC1=O. The molecule has 1 amide bonds. The predicted molar refractivity (Wildman–Crippen MR) is 55.9 cm³/mol. The minimum absolute atomic E-state index is 0.190. The fraction of sp³-hybridized carbons (Fsp3) is 0.909. The van der Waals surface area contributed by atoms with Crippen LogP contribution in [0.3, 0.4) is 0 Å². The van der Waals surface area contributed by atoms with Crippen LogP contribution in [0.4, 0.5) is 0 Å². The summed E-state index contributed by atoms with van der Waals surface area (Å²) in [7, 11) is 0. The van der Waals surface area contributed by atoms with E-state index in [-0.39, 0.29) is 12.0 Å². The van der Waals surface area contributed by atoms with Gasteiger partial charge in [-0.25, -0.2) is 0 Å². The van der Waals surface area contributed by atoms with Crippen LogP contribution in [0, 0.1) is 5.92 Å². The van der Waals surface area contributed by atoms with Gasteiger partial charge < -0.3 is 10.0 Å². The summed E-state index contributed by atoms with van der Waals surface area (Å²) in [5, 5.41) is 9.35. The molecule has 1 saturated heterocycles. The molecule has 0 aliphatic carbocycles. The maximum Gasteiger partial charge on any atom is 0.222 e. The summed E-state index contributed by atoms with van der Waals surface area (Å²) in [6, 6.07) is 0. The van der Waals surface area contributed by atoms with Crippen LogP contribution >= 0.6 is 0 Å². The molecule has 1 aliphatic heterocycles. The van der Waals surface area contributed by atoms with Crippen LogP contribution in [-0.4, -0.2) is 35.1 Å². The molecule has 0 aromatic rings. The average Bonchev–Trinajstić information content (AvgIpc) is 2.45. The molecular formula is C11H21NO2. The van der Waals surface area contributed by atoms with E-state index in [1.165, 1.54) is 0 Å². The van der Waals surface area contributed by atoms with Crippen LogP contribution in [0.5, 0.6) is 0 Å². The van der Waals surface area contributed by atoms with Crippen LogP contribution in [0.15, 0.2) is 0 Å². The molecule has 3 heteroatoms. The van der Waals surface area contributed by atoms with Gasteiger partial charge >= 0.3 is 0 Å². The molecule has 1 fully saturated rings. The normalized spacial score (nSPS) is 24.4. The predicted octanol–water partition coefficient (Wildman–Crippen LogP) is 1.41. The lowest BCUT2D eigenvalue weighted by Crippen LogP contribution is -2.26. The highest BCUT2D eigenvalue weighted by atomic mass is 16.3. The van der Waals surface area contributed by atoms with Gasteiger partial charge in [0, 0.05) is 19.5 Å². The zero-order valence-corrected chi connectivity index (χ0v) is 9.20. The molecule has 1 N–H and O–H groups in total. The van der Waals surface area contributed by atoms with Crippen LogP contribution in [0.2, 0.25) is 0 Å². The Labute approximate surface area is 86.1 Å². The summed E-state index contributed by atoms with van der Waals surface area (Å²) >= 11 is 0. The number of aliphatic hydroxyl groups excluding tert-OH is 1. The third kappa shape index (κ3) is 3.29. The van der Waals surface area contributed by atoms with Gasteiger partial charge in [-0.1, -0.05) is 13.8 Å². The van der Waals surface area contributed by atoms with Crippen molar-refractivity contribution < 1.29 is 9.90 Å². The van der Waals surface area contributed by atoms with Gasteiger partial charge in [0.25, 0.3) is 0 Å². The molecule has 3 nitrogen and oxygen atoms in total. The van der Waals surface area contributed by atoms with Gasteiger partial charge in [-0.3, -0.25) is 4.79 Å². The Bertz CT molecular complexity index is 194. The highest BCUT2D eigenvalue weighted by Gasteiger charge is 2.25. The highest BCUT2D eigenvalue weighted by molar-refractivity contribution is 5.78. The van der Waals surface area contributed by atoms with Crippen molar-refractivity contribution in [3.8, 4) is 0 Å². The third-order valence-electron chi connectivity index (χ3n) is 2.84. The van der Waals surface area contributed by atoms with E-state index in [1.54, 1.807) is 0 Å². The minimum atomic E-state index is -0.190. The summed E-state index contributed by atoms with van der Waals surface area (Å²) in [6.45, 7) is 5.81. The van der Waals surface area contributed by atoms with Crippen molar-refractivity contribution in [1.82, 2.24) is 4.90 Å². The molecule has 14 heavy (non-hydrogen) atoms. The first-order chi connectivity index (χ1) is 6.63. The fourth-order valence-corrected chi connectivity index (χ4v) is 1.91. The fourth-order valence-electron chi connectivity index (χ4n) is 1.91. The van der Waals surface area contributed by atoms with Crippen molar-refractivity contribution >= 4 is 5.91 Å². The topological polar surface area (TPSA) is 40.5 Å². The number of carbonyl (C=O) groups is 1. The van der Waals surface area contributed by atoms with Gasteiger partial charge in [0.15, 0.2) is 0 Å². The number of carbonyl (C=O) groups excluding carboxylic acids is 1. The van der Waals surface area contributed by atoms with Crippen molar-refractivity contribution in [2.45, 2.75) is 45.6 Å². The van der Waals surface area contributed by atoms with E-state index in [0.717, 1.165) is 32.4 Å². The van der Waals surface area contributed by atoms with E-state index in [1.807, 2.05) is 11.8 Å². The number of hydrogen-bond donors (Lipinski definition) is 1. The number of hydrogen-bond acceptors (Lipinski definition) is 2. The lowest BCUT2D eigenvalue weighted by atomic mass is 10.1. The Morgan fingerprint density at radius 1 is 1.64 bits per heavy atom. The number of nitrogens with zero attached hydrogens (tertiary/aromatic N) is 1. The number of aliphatic hydroxyl groups is 1. The van der Waals surface area contributed by atoms with Gasteiger partial charge in [0.05, 0.1) is 6.10 Å². The Morgan fingerprint density at radius 2 is 2.36 bits per heavy atom. The van der Waals surface area contributed by atoms with E-state index in [0.29, 0.717) is 12.3 Å². The van der Waals surface area contributed by atoms with Gasteiger partial charge in [-0.05, 0) is 25.2 Å². The average molecular weight is 199 g/mol. The summed E-state index contributed by atoms with van der Waals surface area (Å²) in [4.78, 5) is 13.3. The second-order valence-electron chi connectivity index (χ2n) is 4.35. The van der Waals surface area contributed by atoms with E-state index in [2.05, 4.69) is 6.92 Å². The zero-order valence-electron chi connectivity index (χ0n) is 9.20. The summed E-state index contributed by atoms with van der Waals surface area (Å²) < 4.78 is 0. The lowest BCUT2D eigenvalue weighted by molar-refractivity contribution is -0.127. The summed E-state index contributed by atoms with van der Waals surface area (Å²) in [6.07, 6.45) is 3.06. The van der Waals surface area contributed by atoms with Crippen molar-refractivity contribution in [3.63, 3.8) is 0 Å². The first-order valence-electron chi connectivity index (χ1n) is 5.59. The molecule has 82 valence electrons. The van der Waals surface area contributed by atoms with Crippen LogP contribution in [0.25, 0.3) is 0 Å². The van der Waals surface area contributed by atoms with Crippen LogP contribution < -0.4 is 0 Å². The van der Waals surface area contributed by atoms with Gasteiger partial charge in [0.1, 0.15) is 0 Å². The molecule has 1 aliphatic rings. The molecule has 0 spiro atoms. The number of amides is 1. The highest BCUT2D eigenvalue weighted by Crippen LogP contribution is 2.17. The molecule has 1 heterocycles. The summed E-state index contributed by atoms with van der Waals surface area (Å²) in [5.74, 6) is 0.794.